The highest BCUT2D eigenvalue weighted by Gasteiger charge is 2.23. The summed E-state index contributed by atoms with van der Waals surface area (Å²) in [6, 6.07) is 3.16. The van der Waals surface area contributed by atoms with Crippen molar-refractivity contribution in [2.75, 3.05) is 26.8 Å². The third-order valence-corrected chi connectivity index (χ3v) is 3.54. The minimum absolute atomic E-state index is 0.0434. The second kappa shape index (κ2) is 5.99. The largest absolute Gasteiger partial charge is 0.494 e. The molecule has 1 fully saturated rings. The molecule has 4 nitrogen and oxygen atoms in total. The fourth-order valence-corrected chi connectivity index (χ4v) is 2.71. The van der Waals surface area contributed by atoms with Gasteiger partial charge in [-0.2, -0.15) is 0 Å². The van der Waals surface area contributed by atoms with Crippen LogP contribution in [0.25, 0.3) is 0 Å². The van der Waals surface area contributed by atoms with Crippen LogP contribution in [-0.4, -0.2) is 43.7 Å². The highest BCUT2D eigenvalue weighted by atomic mass is 35.5. The van der Waals surface area contributed by atoms with Crippen LogP contribution in [0.2, 0.25) is 10.0 Å². The Morgan fingerprint density at radius 2 is 2.05 bits per heavy atom. The number of hydrogen-bond acceptors (Lipinski definition) is 3. The molecule has 1 atom stereocenters. The van der Waals surface area contributed by atoms with Gasteiger partial charge in [0.15, 0.2) is 5.75 Å². The fourth-order valence-electron chi connectivity index (χ4n) is 2.06. The first-order chi connectivity index (χ1) is 9.02. The summed E-state index contributed by atoms with van der Waals surface area (Å²) < 4.78 is 10.5. The Morgan fingerprint density at radius 3 is 2.58 bits per heavy atom. The van der Waals surface area contributed by atoms with Crippen LogP contribution in [0.5, 0.6) is 5.75 Å². The minimum Gasteiger partial charge on any atom is -0.494 e. The standard InChI is InChI=1S/C13H15Cl2NO3/c1-8-7-16(3-4-19-8)13(17)9-5-10(14)12(18-2)11(15)6-9/h5-6,8H,3-4,7H2,1-2H3. The Labute approximate surface area is 122 Å². The highest BCUT2D eigenvalue weighted by Crippen LogP contribution is 2.34. The molecule has 0 aliphatic carbocycles. The zero-order valence-corrected chi connectivity index (χ0v) is 12.3. The van der Waals surface area contributed by atoms with Gasteiger partial charge in [-0.3, -0.25) is 4.79 Å². The summed E-state index contributed by atoms with van der Waals surface area (Å²) in [6.45, 7) is 3.63. The van der Waals surface area contributed by atoms with E-state index < -0.39 is 0 Å². The van der Waals surface area contributed by atoms with E-state index in [-0.39, 0.29) is 12.0 Å². The van der Waals surface area contributed by atoms with Gasteiger partial charge < -0.3 is 14.4 Å². The summed E-state index contributed by atoms with van der Waals surface area (Å²) in [5.74, 6) is 0.289. The predicted molar refractivity (Wildman–Crippen MR) is 74.3 cm³/mol. The summed E-state index contributed by atoms with van der Waals surface area (Å²) in [5.41, 5.74) is 0.463. The van der Waals surface area contributed by atoms with Crippen LogP contribution in [0.4, 0.5) is 0 Å². The van der Waals surface area contributed by atoms with Crippen molar-refractivity contribution in [1.29, 1.82) is 0 Å². The number of methoxy groups -OCH3 is 1. The quantitative estimate of drug-likeness (QED) is 0.843. The third kappa shape index (κ3) is 3.14. The first-order valence-corrected chi connectivity index (χ1v) is 6.72. The first-order valence-electron chi connectivity index (χ1n) is 5.97. The molecule has 2 rings (SSSR count). The van der Waals surface area contributed by atoms with Crippen molar-refractivity contribution in [3.05, 3.63) is 27.7 Å². The molecule has 1 aliphatic heterocycles. The first kappa shape index (κ1) is 14.4. The summed E-state index contributed by atoms with van der Waals surface area (Å²) in [7, 11) is 1.48. The van der Waals surface area contributed by atoms with Crippen LogP contribution < -0.4 is 4.74 Å². The second-order valence-corrected chi connectivity index (χ2v) is 5.22. The molecular weight excluding hydrogens is 289 g/mol. The zero-order valence-electron chi connectivity index (χ0n) is 10.8. The van der Waals surface area contributed by atoms with Crippen LogP contribution in [-0.2, 0) is 4.74 Å². The molecule has 1 heterocycles. The molecule has 0 bridgehead atoms. The van der Waals surface area contributed by atoms with E-state index in [1.165, 1.54) is 7.11 Å². The number of nitrogens with zero attached hydrogens (tertiary/aromatic N) is 1. The molecule has 104 valence electrons. The normalized spacial score (nSPS) is 19.4. The number of rotatable bonds is 2. The van der Waals surface area contributed by atoms with E-state index in [2.05, 4.69) is 0 Å². The molecule has 1 aromatic carbocycles. The van der Waals surface area contributed by atoms with Gasteiger partial charge in [0.2, 0.25) is 0 Å². The molecule has 0 spiro atoms. The summed E-state index contributed by atoms with van der Waals surface area (Å²) in [4.78, 5) is 14.1. The maximum Gasteiger partial charge on any atom is 0.254 e. The van der Waals surface area contributed by atoms with Crippen molar-refractivity contribution >= 4 is 29.1 Å². The van der Waals surface area contributed by atoms with Crippen LogP contribution in [0.15, 0.2) is 12.1 Å². The van der Waals surface area contributed by atoms with Crippen LogP contribution in [0.1, 0.15) is 17.3 Å². The molecule has 1 unspecified atom stereocenters. The van der Waals surface area contributed by atoms with Gasteiger partial charge in [0.05, 0.1) is 29.9 Å². The number of morpholine rings is 1. The lowest BCUT2D eigenvalue weighted by Gasteiger charge is -2.31. The van der Waals surface area contributed by atoms with Crippen molar-refractivity contribution in [3.8, 4) is 5.75 Å². The number of carbonyl (C=O) groups excluding carboxylic acids is 1. The van der Waals surface area contributed by atoms with Gasteiger partial charge in [-0.25, -0.2) is 0 Å². The Morgan fingerprint density at radius 1 is 1.42 bits per heavy atom. The number of hydrogen-bond donors (Lipinski definition) is 0. The van der Waals surface area contributed by atoms with Crippen LogP contribution >= 0.6 is 23.2 Å². The van der Waals surface area contributed by atoms with E-state index in [0.29, 0.717) is 41.1 Å². The van der Waals surface area contributed by atoms with Crippen LogP contribution in [0.3, 0.4) is 0 Å². The van der Waals surface area contributed by atoms with Gasteiger partial charge in [-0.05, 0) is 19.1 Å². The second-order valence-electron chi connectivity index (χ2n) is 4.41. The molecule has 6 heteroatoms. The van der Waals surface area contributed by atoms with Crippen LogP contribution in [0, 0.1) is 0 Å². The van der Waals surface area contributed by atoms with Gasteiger partial charge in [0, 0.05) is 18.7 Å². The highest BCUT2D eigenvalue weighted by molar-refractivity contribution is 6.37. The summed E-state index contributed by atoms with van der Waals surface area (Å²) in [6.07, 6.45) is 0.0434. The Hall–Kier alpha value is -0.970. The van der Waals surface area contributed by atoms with Crippen molar-refractivity contribution < 1.29 is 14.3 Å². The molecule has 0 radical (unpaired) electrons. The fraction of sp³-hybridized carbons (Fsp3) is 0.462. The van der Waals surface area contributed by atoms with Gasteiger partial charge in [-0.1, -0.05) is 23.2 Å². The average molecular weight is 304 g/mol. The van der Waals surface area contributed by atoms with E-state index in [1.807, 2.05) is 6.92 Å². The lowest BCUT2D eigenvalue weighted by atomic mass is 10.1. The number of halogens is 2. The Kier molecular flexibility index (Phi) is 4.55. The average Bonchev–Trinajstić information content (AvgIpc) is 2.37. The molecule has 0 aromatic heterocycles. The number of ether oxygens (including phenoxy) is 2. The molecule has 0 saturated carbocycles. The summed E-state index contributed by atoms with van der Waals surface area (Å²) in [5, 5.41) is 0.666. The topological polar surface area (TPSA) is 38.8 Å². The number of carbonyl (C=O) groups is 1. The smallest absolute Gasteiger partial charge is 0.254 e. The lowest BCUT2D eigenvalue weighted by molar-refractivity contribution is -0.0124. The van der Waals surface area contributed by atoms with Crippen molar-refractivity contribution in [2.24, 2.45) is 0 Å². The SMILES string of the molecule is COc1c(Cl)cc(C(=O)N2CCOC(C)C2)cc1Cl. The zero-order chi connectivity index (χ0) is 14.0. The molecule has 19 heavy (non-hydrogen) atoms. The van der Waals surface area contributed by atoms with Crippen molar-refractivity contribution in [1.82, 2.24) is 4.90 Å². The van der Waals surface area contributed by atoms with Crippen molar-refractivity contribution in [3.63, 3.8) is 0 Å². The number of amides is 1. The van der Waals surface area contributed by atoms with E-state index in [0.717, 1.165) is 0 Å². The molecule has 1 saturated heterocycles. The summed E-state index contributed by atoms with van der Waals surface area (Å²) >= 11 is 12.1. The van der Waals surface area contributed by atoms with Gasteiger partial charge in [-0.15, -0.1) is 0 Å². The molecule has 1 aliphatic rings. The molecule has 0 N–H and O–H groups in total. The van der Waals surface area contributed by atoms with E-state index in [4.69, 9.17) is 32.7 Å². The molecular formula is C13H15Cl2NO3. The minimum atomic E-state index is -0.0957. The Balaban J connectivity index is 2.24. The maximum absolute atomic E-state index is 12.4. The predicted octanol–water partition coefficient (Wildman–Crippen LogP) is 2.86. The lowest BCUT2D eigenvalue weighted by Crippen LogP contribution is -2.44. The van der Waals surface area contributed by atoms with Crippen molar-refractivity contribution in [2.45, 2.75) is 13.0 Å². The molecule has 1 aromatic rings. The monoisotopic (exact) mass is 303 g/mol. The van der Waals surface area contributed by atoms with Gasteiger partial charge >= 0.3 is 0 Å². The molecule has 1 amide bonds. The van der Waals surface area contributed by atoms with E-state index in [1.54, 1.807) is 17.0 Å². The Bertz CT molecular complexity index is 470. The van der Waals surface area contributed by atoms with Gasteiger partial charge in [0.1, 0.15) is 0 Å². The van der Waals surface area contributed by atoms with E-state index >= 15 is 0 Å². The third-order valence-electron chi connectivity index (χ3n) is 2.98. The maximum atomic E-state index is 12.4. The number of benzene rings is 1. The van der Waals surface area contributed by atoms with E-state index in [9.17, 15) is 4.79 Å². The van der Waals surface area contributed by atoms with Gasteiger partial charge in [0.25, 0.3) is 5.91 Å².